The number of anilines is 1. The van der Waals surface area contributed by atoms with Crippen LogP contribution in [0.2, 0.25) is 0 Å². The Morgan fingerprint density at radius 1 is 1.07 bits per heavy atom. The van der Waals surface area contributed by atoms with Gasteiger partial charge in [0.25, 0.3) is 5.78 Å². The van der Waals surface area contributed by atoms with E-state index in [0.29, 0.717) is 53.3 Å². The fourth-order valence-corrected chi connectivity index (χ4v) is 6.32. The Morgan fingerprint density at radius 2 is 1.88 bits per heavy atom. The van der Waals surface area contributed by atoms with Gasteiger partial charge in [0.15, 0.2) is 16.6 Å². The van der Waals surface area contributed by atoms with Crippen molar-refractivity contribution in [3.8, 4) is 17.2 Å². The smallest absolute Gasteiger partial charge is 0.301 e. The van der Waals surface area contributed by atoms with Crippen molar-refractivity contribution in [1.29, 1.82) is 0 Å². The van der Waals surface area contributed by atoms with E-state index >= 15 is 0 Å². The lowest BCUT2D eigenvalue weighted by Gasteiger charge is -2.23. The zero-order chi connectivity index (χ0) is 28.0. The van der Waals surface area contributed by atoms with E-state index in [1.807, 2.05) is 51.1 Å². The van der Waals surface area contributed by atoms with Crippen LogP contribution in [0.5, 0.6) is 17.2 Å². The lowest BCUT2D eigenvalue weighted by atomic mass is 9.95. The Bertz CT molecular complexity index is 1690. The molecule has 1 N–H and O–H groups in total. The predicted molar refractivity (Wildman–Crippen MR) is 154 cm³/mol. The van der Waals surface area contributed by atoms with Crippen molar-refractivity contribution in [2.45, 2.75) is 33.2 Å². The highest BCUT2D eigenvalue weighted by atomic mass is 32.1. The van der Waals surface area contributed by atoms with Crippen molar-refractivity contribution in [3.05, 3.63) is 82.4 Å². The van der Waals surface area contributed by atoms with Gasteiger partial charge in [-0.1, -0.05) is 36.5 Å². The first-order chi connectivity index (χ1) is 19.4. The Labute approximate surface area is 235 Å². The zero-order valence-corrected chi connectivity index (χ0v) is 23.2. The highest BCUT2D eigenvalue weighted by Gasteiger charge is 2.48. The van der Waals surface area contributed by atoms with Gasteiger partial charge in [0.1, 0.15) is 24.7 Å². The van der Waals surface area contributed by atoms with Crippen LogP contribution in [0, 0.1) is 13.8 Å². The number of carbonyl (C=O) groups is 2. The van der Waals surface area contributed by atoms with Crippen LogP contribution in [0.4, 0.5) is 5.13 Å². The van der Waals surface area contributed by atoms with Crippen molar-refractivity contribution in [2.75, 3.05) is 24.7 Å². The third-order valence-corrected chi connectivity index (χ3v) is 7.93. The monoisotopic (exact) mass is 556 g/mol. The summed E-state index contributed by atoms with van der Waals surface area (Å²) < 4.78 is 18.1. The molecular weight excluding hydrogens is 528 g/mol. The summed E-state index contributed by atoms with van der Waals surface area (Å²) in [5, 5.41) is 12.0. The van der Waals surface area contributed by atoms with Crippen LogP contribution in [0.3, 0.4) is 0 Å². The third-order valence-electron chi connectivity index (χ3n) is 6.93. The molecule has 204 valence electrons. The summed E-state index contributed by atoms with van der Waals surface area (Å²) in [5.41, 5.74) is 3.79. The van der Waals surface area contributed by atoms with E-state index in [1.54, 1.807) is 24.3 Å². The summed E-state index contributed by atoms with van der Waals surface area (Å²) in [6, 6.07) is 15.4. The summed E-state index contributed by atoms with van der Waals surface area (Å²) in [4.78, 5) is 33.5. The van der Waals surface area contributed by atoms with Crippen LogP contribution in [-0.4, -0.2) is 41.6 Å². The maximum absolute atomic E-state index is 13.7. The van der Waals surface area contributed by atoms with E-state index in [1.165, 1.54) is 16.2 Å². The molecule has 0 radical (unpaired) electrons. The SMILES string of the molecule is CCCOc1cccc([C@@H]2/C(=C(\O)c3ccc4c(c3)OCCO4)C(=O)C(=O)N2c2nc3c(C)cc(C)cc3s2)c1. The van der Waals surface area contributed by atoms with Crippen LogP contribution < -0.4 is 19.1 Å². The summed E-state index contributed by atoms with van der Waals surface area (Å²) in [5.74, 6) is -0.202. The standard InChI is InChI=1S/C31H28N2O6S/c1-4-10-37-21-7-5-6-19(15-21)27-25(28(34)20-8-9-22-23(16-20)39-12-11-38-22)29(35)30(36)33(27)31-32-26-18(3)13-17(2)14-24(26)40-31/h5-9,13-16,27,34H,4,10-12H2,1-3H3/b28-25+/t27-/m1/s1. The number of Topliss-reactive ketones (excluding diaryl/α,β-unsaturated/α-hetero) is 1. The molecule has 0 spiro atoms. The minimum atomic E-state index is -0.916. The Balaban J connectivity index is 1.53. The summed E-state index contributed by atoms with van der Waals surface area (Å²) in [6.07, 6.45) is 0.831. The van der Waals surface area contributed by atoms with Crippen molar-refractivity contribution >= 4 is 44.1 Å². The maximum atomic E-state index is 13.7. The summed E-state index contributed by atoms with van der Waals surface area (Å²) in [6.45, 7) is 7.33. The number of fused-ring (bicyclic) bond motifs is 2. The molecule has 3 aromatic carbocycles. The molecule has 2 aliphatic heterocycles. The molecule has 1 aromatic heterocycles. The van der Waals surface area contributed by atoms with Gasteiger partial charge in [0, 0.05) is 5.56 Å². The van der Waals surface area contributed by atoms with Crippen molar-refractivity contribution in [3.63, 3.8) is 0 Å². The molecule has 1 atom stereocenters. The van der Waals surface area contributed by atoms with Gasteiger partial charge >= 0.3 is 5.91 Å². The number of carbonyl (C=O) groups excluding carboxylic acids is 2. The Morgan fingerprint density at radius 3 is 2.67 bits per heavy atom. The molecule has 0 saturated carbocycles. The lowest BCUT2D eigenvalue weighted by molar-refractivity contribution is -0.132. The number of rotatable bonds is 6. The molecule has 2 aliphatic rings. The quantitative estimate of drug-likeness (QED) is 0.174. The predicted octanol–water partition coefficient (Wildman–Crippen LogP) is 6.10. The van der Waals surface area contributed by atoms with Crippen LogP contribution in [0.15, 0.2) is 60.2 Å². The number of nitrogens with zero attached hydrogens (tertiary/aromatic N) is 2. The van der Waals surface area contributed by atoms with E-state index in [0.717, 1.165) is 27.8 Å². The number of amides is 1. The Hall–Kier alpha value is -4.37. The molecule has 8 nitrogen and oxygen atoms in total. The number of aliphatic hydroxyl groups is 1. The maximum Gasteiger partial charge on any atom is 0.301 e. The number of ketones is 1. The highest BCUT2D eigenvalue weighted by molar-refractivity contribution is 7.22. The Kier molecular flexibility index (Phi) is 6.67. The molecular formula is C31H28N2O6S. The van der Waals surface area contributed by atoms with E-state index < -0.39 is 17.7 Å². The van der Waals surface area contributed by atoms with Gasteiger partial charge in [0.05, 0.1) is 28.4 Å². The molecule has 0 aliphatic carbocycles. The number of hydrogen-bond donors (Lipinski definition) is 1. The first kappa shape index (κ1) is 25.9. The van der Waals surface area contributed by atoms with Crippen LogP contribution in [0.1, 0.15) is 41.6 Å². The second-order valence-corrected chi connectivity index (χ2v) is 10.9. The van der Waals surface area contributed by atoms with E-state index in [2.05, 4.69) is 0 Å². The molecule has 0 bridgehead atoms. The van der Waals surface area contributed by atoms with Crippen molar-refractivity contribution < 1.29 is 28.9 Å². The molecule has 40 heavy (non-hydrogen) atoms. The van der Waals surface area contributed by atoms with Gasteiger partial charge in [-0.3, -0.25) is 14.5 Å². The molecule has 3 heterocycles. The van der Waals surface area contributed by atoms with Crippen LogP contribution in [0.25, 0.3) is 16.0 Å². The van der Waals surface area contributed by atoms with Gasteiger partial charge in [-0.25, -0.2) is 4.98 Å². The fraction of sp³-hybridized carbons (Fsp3) is 0.258. The summed E-state index contributed by atoms with van der Waals surface area (Å²) in [7, 11) is 0. The number of aliphatic hydroxyl groups excluding tert-OH is 1. The number of hydrogen-bond acceptors (Lipinski definition) is 8. The first-order valence-corrected chi connectivity index (χ1v) is 14.0. The van der Waals surface area contributed by atoms with Crippen LogP contribution >= 0.6 is 11.3 Å². The molecule has 9 heteroatoms. The topological polar surface area (TPSA) is 98.2 Å². The minimum absolute atomic E-state index is 0.0264. The average Bonchev–Trinajstić information content (AvgIpc) is 3.49. The molecule has 6 rings (SSSR count). The van der Waals surface area contributed by atoms with Crippen LogP contribution in [-0.2, 0) is 9.59 Å². The summed E-state index contributed by atoms with van der Waals surface area (Å²) >= 11 is 1.34. The minimum Gasteiger partial charge on any atom is -0.507 e. The number of thiazole rings is 1. The second kappa shape index (κ2) is 10.3. The number of ether oxygens (including phenoxy) is 3. The third kappa shape index (κ3) is 4.46. The van der Waals surface area contributed by atoms with Gasteiger partial charge in [0.2, 0.25) is 0 Å². The van der Waals surface area contributed by atoms with Gasteiger partial charge in [-0.15, -0.1) is 0 Å². The van der Waals surface area contributed by atoms with E-state index in [9.17, 15) is 14.7 Å². The van der Waals surface area contributed by atoms with Gasteiger partial charge in [-0.2, -0.15) is 0 Å². The first-order valence-electron chi connectivity index (χ1n) is 13.2. The molecule has 1 saturated heterocycles. The highest BCUT2D eigenvalue weighted by Crippen LogP contribution is 2.46. The van der Waals surface area contributed by atoms with E-state index in [4.69, 9.17) is 19.2 Å². The van der Waals surface area contributed by atoms with Crippen molar-refractivity contribution in [1.82, 2.24) is 4.98 Å². The van der Waals surface area contributed by atoms with Gasteiger partial charge in [-0.05, 0) is 73.4 Å². The van der Waals surface area contributed by atoms with Gasteiger partial charge < -0.3 is 19.3 Å². The normalized spacial score (nSPS) is 18.0. The number of benzene rings is 3. The molecule has 1 amide bonds. The largest absolute Gasteiger partial charge is 0.507 e. The van der Waals surface area contributed by atoms with Crippen molar-refractivity contribution in [2.24, 2.45) is 0 Å². The fourth-order valence-electron chi connectivity index (χ4n) is 5.15. The number of aromatic nitrogens is 1. The molecule has 0 unspecified atom stereocenters. The molecule has 4 aromatic rings. The molecule has 1 fully saturated rings. The number of aryl methyl sites for hydroxylation is 2. The average molecular weight is 557 g/mol. The zero-order valence-electron chi connectivity index (χ0n) is 22.4. The lowest BCUT2D eigenvalue weighted by Crippen LogP contribution is -2.29. The second-order valence-electron chi connectivity index (χ2n) is 9.87. The van der Waals surface area contributed by atoms with E-state index in [-0.39, 0.29) is 11.3 Å².